The van der Waals surface area contributed by atoms with Gasteiger partial charge in [-0.1, -0.05) is 10.3 Å². The maximum atomic E-state index is 4.99. The first-order chi connectivity index (χ1) is 3.31. The second-order valence-corrected chi connectivity index (χ2v) is 0.797. The summed E-state index contributed by atoms with van der Waals surface area (Å²) in [5.74, 6) is 4.69. The van der Waals surface area contributed by atoms with Crippen LogP contribution >= 0.6 is 0 Å². The molecule has 0 saturated carbocycles. The van der Waals surface area contributed by atoms with E-state index in [0.717, 1.165) is 0 Å². The Balaban J connectivity index is 3.58. The molecule has 0 heterocycles. The predicted molar refractivity (Wildman–Crippen MR) is 26.6 cm³/mol. The topological polar surface area (TPSA) is 89.1 Å². The maximum absolute atomic E-state index is 4.99. The number of hydrogen-bond acceptors (Lipinski definition) is 2. The Bertz CT molecular complexity index is 92.3. The van der Waals surface area contributed by atoms with Crippen molar-refractivity contribution in [2.45, 2.75) is 0 Å². The molecule has 0 unspecified atom stereocenters. The molecule has 5 heteroatoms. The molecular weight excluding hydrogens is 94.1 g/mol. The van der Waals surface area contributed by atoms with Crippen LogP contribution in [0.4, 0.5) is 0 Å². The molecule has 0 rings (SSSR count). The third-order valence-corrected chi connectivity index (χ3v) is 0.389. The molecule has 0 aliphatic heterocycles. The van der Waals surface area contributed by atoms with Gasteiger partial charge in [0.2, 0.25) is 5.96 Å². The summed E-state index contributed by atoms with van der Waals surface area (Å²) in [6, 6.07) is 0. The van der Waals surface area contributed by atoms with Crippen molar-refractivity contribution in [2.24, 2.45) is 26.9 Å². The van der Waals surface area contributed by atoms with E-state index in [0.29, 0.717) is 0 Å². The highest BCUT2D eigenvalue weighted by molar-refractivity contribution is 5.77. The van der Waals surface area contributed by atoms with Crippen LogP contribution in [0.3, 0.4) is 0 Å². The van der Waals surface area contributed by atoms with Crippen molar-refractivity contribution in [2.75, 3.05) is 7.05 Å². The van der Waals surface area contributed by atoms with Crippen LogP contribution in [0, 0.1) is 0 Å². The van der Waals surface area contributed by atoms with Crippen molar-refractivity contribution in [1.29, 1.82) is 0 Å². The summed E-state index contributed by atoms with van der Waals surface area (Å²) < 4.78 is 0. The Morgan fingerprint density at radius 2 is 2.14 bits per heavy atom. The van der Waals surface area contributed by atoms with Crippen molar-refractivity contribution < 1.29 is 0 Å². The van der Waals surface area contributed by atoms with Crippen molar-refractivity contribution in [1.82, 2.24) is 0 Å². The van der Waals surface area contributed by atoms with Gasteiger partial charge >= 0.3 is 0 Å². The summed E-state index contributed by atoms with van der Waals surface area (Å²) in [5.41, 5.74) is 4.99. The average Bonchev–Trinajstić information content (AvgIpc) is 1.68. The maximum Gasteiger partial charge on any atom is 0.236 e. The van der Waals surface area contributed by atoms with Gasteiger partial charge in [0.15, 0.2) is 0 Å². The number of guanidine groups is 1. The van der Waals surface area contributed by atoms with Crippen LogP contribution in [-0.4, -0.2) is 13.0 Å². The van der Waals surface area contributed by atoms with Gasteiger partial charge in [-0.2, -0.15) is 0 Å². The lowest BCUT2D eigenvalue weighted by atomic mass is 11.1. The smallest absolute Gasteiger partial charge is 0.236 e. The average molecular weight is 101 g/mol. The summed E-state index contributed by atoms with van der Waals surface area (Å²) in [4.78, 5) is 3.43. The minimum absolute atomic E-state index is 0.0856. The summed E-state index contributed by atoms with van der Waals surface area (Å²) in [6.07, 6.45) is 0. The molecule has 0 aromatic heterocycles. The standard InChI is InChI=1S/C2H7N5/c1-5-2(3)6-7-4/h1H3,(H4,3,4,5,6). The molecular formula is C2H7N5. The molecule has 0 amide bonds. The highest BCUT2D eigenvalue weighted by Gasteiger charge is 1.75. The van der Waals surface area contributed by atoms with E-state index in [9.17, 15) is 0 Å². The van der Waals surface area contributed by atoms with E-state index in [1.54, 1.807) is 0 Å². The molecule has 40 valence electrons. The number of nitrogens with two attached hydrogens (primary N) is 2. The van der Waals surface area contributed by atoms with Gasteiger partial charge in [0.1, 0.15) is 0 Å². The molecule has 0 bridgehead atoms. The first-order valence-corrected chi connectivity index (χ1v) is 1.64. The lowest BCUT2D eigenvalue weighted by Crippen LogP contribution is -2.06. The Labute approximate surface area is 41.1 Å². The van der Waals surface area contributed by atoms with Crippen LogP contribution < -0.4 is 11.6 Å². The molecule has 5 nitrogen and oxygen atoms in total. The van der Waals surface area contributed by atoms with Gasteiger partial charge in [0.25, 0.3) is 0 Å². The molecule has 0 atom stereocenters. The Morgan fingerprint density at radius 1 is 1.57 bits per heavy atom. The molecule has 0 aliphatic carbocycles. The summed E-state index contributed by atoms with van der Waals surface area (Å²) in [5, 5.41) is 6.05. The van der Waals surface area contributed by atoms with Gasteiger partial charge in [0.05, 0.1) is 0 Å². The van der Waals surface area contributed by atoms with Gasteiger partial charge < -0.3 is 11.6 Å². The minimum atomic E-state index is 0.0856. The van der Waals surface area contributed by atoms with Crippen LogP contribution in [-0.2, 0) is 0 Å². The Kier molecular flexibility index (Phi) is 2.58. The fourth-order valence-electron chi connectivity index (χ4n) is 0.104. The number of aliphatic imine (C=N–C) groups is 1. The molecule has 4 N–H and O–H groups in total. The summed E-state index contributed by atoms with van der Waals surface area (Å²) in [6.45, 7) is 0. The van der Waals surface area contributed by atoms with Gasteiger partial charge in [0, 0.05) is 7.05 Å². The lowest BCUT2D eigenvalue weighted by molar-refractivity contribution is 1.07. The second kappa shape index (κ2) is 3.08. The number of hydrogen-bond donors (Lipinski definition) is 2. The Morgan fingerprint density at radius 3 is 2.29 bits per heavy atom. The van der Waals surface area contributed by atoms with Gasteiger partial charge in [-0.3, -0.25) is 4.99 Å². The highest BCUT2D eigenvalue weighted by Crippen LogP contribution is 1.65. The van der Waals surface area contributed by atoms with Gasteiger partial charge in [-0.25, -0.2) is 0 Å². The molecule has 0 spiro atoms. The molecule has 0 aromatic rings. The van der Waals surface area contributed by atoms with E-state index in [-0.39, 0.29) is 5.96 Å². The molecule has 0 saturated heterocycles. The van der Waals surface area contributed by atoms with Crippen LogP contribution in [0.25, 0.3) is 0 Å². The van der Waals surface area contributed by atoms with Crippen molar-refractivity contribution in [3.63, 3.8) is 0 Å². The van der Waals surface area contributed by atoms with Crippen LogP contribution in [0.2, 0.25) is 0 Å². The summed E-state index contributed by atoms with van der Waals surface area (Å²) in [7, 11) is 1.50. The Hall–Kier alpha value is -1.13. The zero-order chi connectivity index (χ0) is 5.70. The molecule has 7 heavy (non-hydrogen) atoms. The van der Waals surface area contributed by atoms with Crippen LogP contribution in [0.15, 0.2) is 15.3 Å². The summed E-state index contributed by atoms with van der Waals surface area (Å²) >= 11 is 0. The third kappa shape index (κ3) is 2.68. The van der Waals surface area contributed by atoms with Gasteiger partial charge in [-0.15, -0.1) is 0 Å². The SMILES string of the molecule is CN=C(N)/N=N\N. The molecule has 0 fully saturated rings. The predicted octanol–water partition coefficient (Wildman–Crippen LogP) is -0.743. The third-order valence-electron chi connectivity index (χ3n) is 0.389. The van der Waals surface area contributed by atoms with E-state index < -0.39 is 0 Å². The second-order valence-electron chi connectivity index (χ2n) is 0.797. The normalized spacial score (nSPS) is 13.0. The highest BCUT2D eigenvalue weighted by atomic mass is 15.3. The fraction of sp³-hybridized carbons (Fsp3) is 0.500. The first-order valence-electron chi connectivity index (χ1n) is 1.64. The number of rotatable bonds is 0. The molecule has 0 aromatic carbocycles. The van der Waals surface area contributed by atoms with Crippen LogP contribution in [0.1, 0.15) is 0 Å². The van der Waals surface area contributed by atoms with E-state index in [2.05, 4.69) is 21.2 Å². The fourth-order valence-corrected chi connectivity index (χ4v) is 0.104. The van der Waals surface area contributed by atoms with Crippen molar-refractivity contribution in [3.05, 3.63) is 0 Å². The van der Waals surface area contributed by atoms with Crippen LogP contribution in [0.5, 0.6) is 0 Å². The van der Waals surface area contributed by atoms with E-state index in [4.69, 9.17) is 5.73 Å². The number of nitrogens with zero attached hydrogens (tertiary/aromatic N) is 3. The minimum Gasteiger partial charge on any atom is -0.367 e. The first kappa shape index (κ1) is 5.87. The van der Waals surface area contributed by atoms with Crippen molar-refractivity contribution in [3.8, 4) is 0 Å². The molecule has 0 aliphatic rings. The largest absolute Gasteiger partial charge is 0.367 e. The lowest BCUT2D eigenvalue weighted by Gasteiger charge is -1.79. The monoisotopic (exact) mass is 101 g/mol. The van der Waals surface area contributed by atoms with Gasteiger partial charge in [-0.05, 0) is 0 Å². The van der Waals surface area contributed by atoms with E-state index in [1.165, 1.54) is 7.05 Å². The molecule has 0 radical (unpaired) electrons. The quantitative estimate of drug-likeness (QED) is 0.138. The zero-order valence-corrected chi connectivity index (χ0v) is 4.00. The van der Waals surface area contributed by atoms with E-state index in [1.807, 2.05) is 0 Å². The van der Waals surface area contributed by atoms with E-state index >= 15 is 0 Å². The van der Waals surface area contributed by atoms with Crippen molar-refractivity contribution >= 4 is 5.96 Å². The zero-order valence-electron chi connectivity index (χ0n) is 4.00.